The van der Waals surface area contributed by atoms with Gasteiger partial charge in [0.2, 0.25) is 0 Å². The predicted molar refractivity (Wildman–Crippen MR) is 78.0 cm³/mol. The minimum Gasteiger partial charge on any atom is -0.490 e. The van der Waals surface area contributed by atoms with E-state index in [1.54, 1.807) is 18.2 Å². The summed E-state index contributed by atoms with van der Waals surface area (Å²) in [6, 6.07) is 8.14. The Morgan fingerprint density at radius 3 is 2.37 bits per heavy atom. The van der Waals surface area contributed by atoms with E-state index in [4.69, 9.17) is 15.7 Å². The van der Waals surface area contributed by atoms with Gasteiger partial charge in [-0.15, -0.1) is 0 Å². The standard InChI is InChI=1S/C15H23N3O/c1-11(2)18(12(3)4)7-8-19-15-6-5-13(10-16)9-14(15)17/h5-6,9,11-12H,7-8,17H2,1-4H3. The number of nitriles is 1. The normalized spacial score (nSPS) is 11.1. The maximum Gasteiger partial charge on any atom is 0.142 e. The van der Waals surface area contributed by atoms with Crippen molar-refractivity contribution in [1.29, 1.82) is 5.26 Å². The first kappa shape index (κ1) is 15.3. The monoisotopic (exact) mass is 261 g/mol. The number of rotatable bonds is 6. The van der Waals surface area contributed by atoms with Crippen molar-refractivity contribution in [3.05, 3.63) is 23.8 Å². The van der Waals surface area contributed by atoms with Gasteiger partial charge in [-0.2, -0.15) is 5.26 Å². The first-order valence-corrected chi connectivity index (χ1v) is 6.64. The summed E-state index contributed by atoms with van der Waals surface area (Å²) in [6.07, 6.45) is 0. The SMILES string of the molecule is CC(C)N(CCOc1ccc(C#N)cc1N)C(C)C. The van der Waals surface area contributed by atoms with Crippen LogP contribution in [0.2, 0.25) is 0 Å². The fourth-order valence-electron chi connectivity index (χ4n) is 2.12. The summed E-state index contributed by atoms with van der Waals surface area (Å²) in [4.78, 5) is 2.36. The zero-order valence-corrected chi connectivity index (χ0v) is 12.2. The highest BCUT2D eigenvalue weighted by Crippen LogP contribution is 2.22. The molecule has 0 bridgehead atoms. The van der Waals surface area contributed by atoms with E-state index in [1.165, 1.54) is 0 Å². The van der Waals surface area contributed by atoms with Gasteiger partial charge in [0, 0.05) is 18.6 Å². The van der Waals surface area contributed by atoms with Crippen molar-refractivity contribution in [3.63, 3.8) is 0 Å². The molecule has 1 rings (SSSR count). The van der Waals surface area contributed by atoms with Crippen LogP contribution in [0.1, 0.15) is 33.3 Å². The summed E-state index contributed by atoms with van der Waals surface area (Å²) in [5, 5.41) is 8.77. The summed E-state index contributed by atoms with van der Waals surface area (Å²) in [5.74, 6) is 0.645. The van der Waals surface area contributed by atoms with Crippen molar-refractivity contribution < 1.29 is 4.74 Å². The Kier molecular flexibility index (Phi) is 5.65. The van der Waals surface area contributed by atoms with Gasteiger partial charge in [-0.25, -0.2) is 0 Å². The molecule has 4 heteroatoms. The molecular weight excluding hydrogens is 238 g/mol. The number of benzene rings is 1. The fourth-order valence-corrected chi connectivity index (χ4v) is 2.12. The average molecular weight is 261 g/mol. The minimum atomic E-state index is 0.488. The van der Waals surface area contributed by atoms with E-state index in [9.17, 15) is 0 Å². The first-order chi connectivity index (χ1) is 8.95. The Hall–Kier alpha value is -1.73. The van der Waals surface area contributed by atoms with Gasteiger partial charge in [-0.1, -0.05) is 0 Å². The number of nitrogens with zero attached hydrogens (tertiary/aromatic N) is 2. The second-order valence-electron chi connectivity index (χ2n) is 5.14. The number of nitrogen functional groups attached to an aromatic ring is 1. The molecule has 2 N–H and O–H groups in total. The summed E-state index contributed by atoms with van der Waals surface area (Å²) in [7, 11) is 0. The zero-order chi connectivity index (χ0) is 14.4. The first-order valence-electron chi connectivity index (χ1n) is 6.64. The van der Waals surface area contributed by atoms with E-state index in [0.717, 1.165) is 6.54 Å². The van der Waals surface area contributed by atoms with Crippen LogP contribution in [-0.2, 0) is 0 Å². The Balaban J connectivity index is 2.56. The predicted octanol–water partition coefficient (Wildman–Crippen LogP) is 2.64. The van der Waals surface area contributed by atoms with Crippen LogP contribution in [0.15, 0.2) is 18.2 Å². The molecule has 1 aromatic rings. The molecule has 104 valence electrons. The van der Waals surface area contributed by atoms with Crippen LogP contribution in [0.4, 0.5) is 5.69 Å². The highest BCUT2D eigenvalue weighted by molar-refractivity contribution is 5.56. The van der Waals surface area contributed by atoms with E-state index in [1.807, 2.05) is 0 Å². The van der Waals surface area contributed by atoms with Crippen LogP contribution in [0.3, 0.4) is 0 Å². The van der Waals surface area contributed by atoms with Crippen molar-refractivity contribution in [3.8, 4) is 11.8 Å². The maximum atomic E-state index is 8.77. The third-order valence-corrected chi connectivity index (χ3v) is 3.07. The Bertz CT molecular complexity index is 441. The number of nitrogens with two attached hydrogens (primary N) is 1. The number of anilines is 1. The molecule has 19 heavy (non-hydrogen) atoms. The van der Waals surface area contributed by atoms with Gasteiger partial charge in [0.1, 0.15) is 12.4 Å². The van der Waals surface area contributed by atoms with E-state index >= 15 is 0 Å². The second-order valence-corrected chi connectivity index (χ2v) is 5.14. The Morgan fingerprint density at radius 2 is 1.89 bits per heavy atom. The molecule has 0 aliphatic heterocycles. The fraction of sp³-hybridized carbons (Fsp3) is 0.533. The van der Waals surface area contributed by atoms with E-state index in [-0.39, 0.29) is 0 Å². The smallest absolute Gasteiger partial charge is 0.142 e. The number of hydrogen-bond donors (Lipinski definition) is 1. The molecule has 1 aromatic carbocycles. The van der Waals surface area contributed by atoms with Gasteiger partial charge in [-0.3, -0.25) is 4.90 Å². The van der Waals surface area contributed by atoms with Crippen molar-refractivity contribution in [2.75, 3.05) is 18.9 Å². The molecule has 4 nitrogen and oxygen atoms in total. The molecule has 0 amide bonds. The molecular formula is C15H23N3O. The second kappa shape index (κ2) is 7.01. The summed E-state index contributed by atoms with van der Waals surface area (Å²) < 4.78 is 5.69. The summed E-state index contributed by atoms with van der Waals surface area (Å²) >= 11 is 0. The average Bonchev–Trinajstić information content (AvgIpc) is 2.35. The van der Waals surface area contributed by atoms with Crippen molar-refractivity contribution in [2.45, 2.75) is 39.8 Å². The highest BCUT2D eigenvalue weighted by Gasteiger charge is 2.13. The molecule has 0 saturated heterocycles. The lowest BCUT2D eigenvalue weighted by molar-refractivity contribution is 0.142. The topological polar surface area (TPSA) is 62.3 Å². The van der Waals surface area contributed by atoms with E-state index < -0.39 is 0 Å². The molecule has 0 fully saturated rings. The van der Waals surface area contributed by atoms with Gasteiger partial charge in [0.25, 0.3) is 0 Å². The van der Waals surface area contributed by atoms with E-state index in [0.29, 0.717) is 35.7 Å². The van der Waals surface area contributed by atoms with Gasteiger partial charge in [0.05, 0.1) is 17.3 Å². The lowest BCUT2D eigenvalue weighted by atomic mass is 10.2. The van der Waals surface area contributed by atoms with Crippen LogP contribution >= 0.6 is 0 Å². The number of hydrogen-bond acceptors (Lipinski definition) is 4. The summed E-state index contributed by atoms with van der Waals surface area (Å²) in [6.45, 7) is 10.2. The third-order valence-electron chi connectivity index (χ3n) is 3.07. The molecule has 0 aromatic heterocycles. The van der Waals surface area contributed by atoms with E-state index in [2.05, 4.69) is 38.7 Å². The lowest BCUT2D eigenvalue weighted by Crippen LogP contribution is -2.39. The molecule has 0 saturated carbocycles. The molecule has 0 heterocycles. The minimum absolute atomic E-state index is 0.488. The van der Waals surface area contributed by atoms with Crippen molar-refractivity contribution >= 4 is 5.69 Å². The summed E-state index contributed by atoms with van der Waals surface area (Å²) in [5.41, 5.74) is 6.91. The van der Waals surface area contributed by atoms with Crippen LogP contribution in [0.25, 0.3) is 0 Å². The highest BCUT2D eigenvalue weighted by atomic mass is 16.5. The molecule has 0 radical (unpaired) electrons. The van der Waals surface area contributed by atoms with Gasteiger partial charge >= 0.3 is 0 Å². The van der Waals surface area contributed by atoms with Crippen LogP contribution < -0.4 is 10.5 Å². The molecule has 0 spiro atoms. The molecule has 0 unspecified atom stereocenters. The quantitative estimate of drug-likeness (QED) is 0.800. The van der Waals surface area contributed by atoms with Gasteiger partial charge in [0.15, 0.2) is 0 Å². The Labute approximate surface area is 115 Å². The van der Waals surface area contributed by atoms with Crippen LogP contribution in [0.5, 0.6) is 5.75 Å². The van der Waals surface area contributed by atoms with Gasteiger partial charge < -0.3 is 10.5 Å². The zero-order valence-electron chi connectivity index (χ0n) is 12.2. The maximum absolute atomic E-state index is 8.77. The molecule has 0 atom stereocenters. The molecule has 0 aliphatic rings. The van der Waals surface area contributed by atoms with Crippen molar-refractivity contribution in [2.24, 2.45) is 0 Å². The van der Waals surface area contributed by atoms with Crippen molar-refractivity contribution in [1.82, 2.24) is 4.90 Å². The lowest BCUT2D eigenvalue weighted by Gasteiger charge is -2.30. The third kappa shape index (κ3) is 4.46. The number of ether oxygens (including phenoxy) is 1. The Morgan fingerprint density at radius 1 is 1.26 bits per heavy atom. The largest absolute Gasteiger partial charge is 0.490 e. The van der Waals surface area contributed by atoms with Crippen LogP contribution in [-0.4, -0.2) is 30.1 Å². The molecule has 0 aliphatic carbocycles. The van der Waals surface area contributed by atoms with Gasteiger partial charge in [-0.05, 0) is 45.9 Å². The van der Waals surface area contributed by atoms with Crippen LogP contribution in [0, 0.1) is 11.3 Å².